The number of methoxy groups -OCH3 is 1. The Bertz CT molecular complexity index is 384. The molecule has 0 aliphatic heterocycles. The number of nitrogens with two attached hydrogens (primary N) is 1. The quantitative estimate of drug-likeness (QED) is 0.501. The van der Waals surface area contributed by atoms with Gasteiger partial charge in [-0.15, -0.1) is 11.8 Å². The highest BCUT2D eigenvalue weighted by Crippen LogP contribution is 2.27. The van der Waals surface area contributed by atoms with E-state index in [9.17, 15) is 9.18 Å². The van der Waals surface area contributed by atoms with Crippen LogP contribution in [0.4, 0.5) is 10.1 Å². The predicted molar refractivity (Wildman–Crippen MR) is 62.7 cm³/mol. The van der Waals surface area contributed by atoms with Crippen molar-refractivity contribution in [1.82, 2.24) is 0 Å². The summed E-state index contributed by atoms with van der Waals surface area (Å²) < 4.78 is 17.5. The molecule has 0 saturated heterocycles. The van der Waals surface area contributed by atoms with Crippen LogP contribution in [0.3, 0.4) is 0 Å². The molecule has 0 spiro atoms. The lowest BCUT2D eigenvalue weighted by Crippen LogP contribution is -2.14. The average Bonchev–Trinajstić information content (AvgIpc) is 2.28. The van der Waals surface area contributed by atoms with Gasteiger partial charge in [-0.1, -0.05) is 6.92 Å². The van der Waals surface area contributed by atoms with Crippen LogP contribution in [-0.2, 0) is 9.53 Å². The van der Waals surface area contributed by atoms with E-state index in [-0.39, 0.29) is 17.7 Å². The second-order valence-corrected chi connectivity index (χ2v) is 4.48. The first-order valence-corrected chi connectivity index (χ1v) is 5.78. The Morgan fingerprint density at radius 1 is 1.62 bits per heavy atom. The Kier molecular flexibility index (Phi) is 4.61. The molecule has 5 heteroatoms. The molecule has 0 bridgehead atoms. The highest BCUT2D eigenvalue weighted by Gasteiger charge is 2.14. The number of esters is 1. The predicted octanol–water partition coefficient (Wildman–Crippen LogP) is 2.31. The van der Waals surface area contributed by atoms with Crippen molar-refractivity contribution in [3.05, 3.63) is 24.0 Å². The third kappa shape index (κ3) is 3.41. The summed E-state index contributed by atoms with van der Waals surface area (Å²) in [7, 11) is 1.35. The van der Waals surface area contributed by atoms with Gasteiger partial charge >= 0.3 is 5.97 Å². The number of thioether (sulfide) groups is 1. The molecule has 0 heterocycles. The molecule has 3 nitrogen and oxygen atoms in total. The lowest BCUT2D eigenvalue weighted by atomic mass is 10.2. The van der Waals surface area contributed by atoms with Gasteiger partial charge < -0.3 is 10.5 Å². The van der Waals surface area contributed by atoms with Crippen LogP contribution in [0.2, 0.25) is 0 Å². The lowest BCUT2D eigenvalue weighted by Gasteiger charge is -2.09. The standard InChI is InChI=1S/C11H14FNO2S/c1-7(11(14)15-2)6-16-10-5-8(12)3-4-9(10)13/h3-5,7H,6,13H2,1-2H3. The van der Waals surface area contributed by atoms with Crippen LogP contribution < -0.4 is 5.73 Å². The Morgan fingerprint density at radius 3 is 2.94 bits per heavy atom. The number of hydrogen-bond donors (Lipinski definition) is 1. The summed E-state index contributed by atoms with van der Waals surface area (Å²) in [6.07, 6.45) is 0. The van der Waals surface area contributed by atoms with Crippen molar-refractivity contribution < 1.29 is 13.9 Å². The fourth-order valence-corrected chi connectivity index (χ4v) is 2.11. The van der Waals surface area contributed by atoms with Crippen LogP contribution in [0.15, 0.2) is 23.1 Å². The first-order valence-electron chi connectivity index (χ1n) is 4.80. The van der Waals surface area contributed by atoms with E-state index in [2.05, 4.69) is 4.74 Å². The maximum absolute atomic E-state index is 12.9. The van der Waals surface area contributed by atoms with Crippen LogP contribution in [0, 0.1) is 11.7 Å². The van der Waals surface area contributed by atoms with Crippen LogP contribution in [0.25, 0.3) is 0 Å². The van der Waals surface area contributed by atoms with Crippen LogP contribution in [0.5, 0.6) is 0 Å². The number of carbonyl (C=O) groups excluding carboxylic acids is 1. The zero-order valence-corrected chi connectivity index (χ0v) is 10.0. The number of carbonyl (C=O) groups is 1. The van der Waals surface area contributed by atoms with Gasteiger partial charge in [-0.2, -0.15) is 0 Å². The molecule has 0 fully saturated rings. The van der Waals surface area contributed by atoms with E-state index in [1.54, 1.807) is 6.92 Å². The number of ether oxygens (including phenoxy) is 1. The molecular formula is C11H14FNO2S. The maximum Gasteiger partial charge on any atom is 0.309 e. The summed E-state index contributed by atoms with van der Waals surface area (Å²) in [6, 6.07) is 4.19. The fourth-order valence-electron chi connectivity index (χ4n) is 1.12. The number of benzene rings is 1. The summed E-state index contributed by atoms with van der Waals surface area (Å²) in [5.41, 5.74) is 6.20. The van der Waals surface area contributed by atoms with Gasteiger partial charge in [0.25, 0.3) is 0 Å². The molecule has 16 heavy (non-hydrogen) atoms. The van der Waals surface area contributed by atoms with E-state index in [0.717, 1.165) is 0 Å². The van der Waals surface area contributed by atoms with Gasteiger partial charge in [-0.25, -0.2) is 4.39 Å². The van der Waals surface area contributed by atoms with Crippen molar-refractivity contribution in [2.45, 2.75) is 11.8 Å². The summed E-state index contributed by atoms with van der Waals surface area (Å²) in [6.45, 7) is 1.76. The Hall–Kier alpha value is -1.23. The van der Waals surface area contributed by atoms with Crippen molar-refractivity contribution in [2.75, 3.05) is 18.6 Å². The van der Waals surface area contributed by atoms with Crippen LogP contribution in [-0.4, -0.2) is 18.8 Å². The largest absolute Gasteiger partial charge is 0.469 e. The number of hydrogen-bond acceptors (Lipinski definition) is 4. The molecule has 1 atom stereocenters. The van der Waals surface area contributed by atoms with E-state index in [1.807, 2.05) is 0 Å². The van der Waals surface area contributed by atoms with Crippen LogP contribution >= 0.6 is 11.8 Å². The highest BCUT2D eigenvalue weighted by molar-refractivity contribution is 7.99. The van der Waals surface area contributed by atoms with Crippen molar-refractivity contribution in [3.63, 3.8) is 0 Å². The van der Waals surface area contributed by atoms with Crippen molar-refractivity contribution >= 4 is 23.4 Å². The van der Waals surface area contributed by atoms with Gasteiger partial charge in [0, 0.05) is 16.3 Å². The molecule has 0 aromatic heterocycles. The van der Waals surface area contributed by atoms with Gasteiger partial charge in [0.15, 0.2) is 0 Å². The molecule has 0 aliphatic carbocycles. The zero-order chi connectivity index (χ0) is 12.1. The van der Waals surface area contributed by atoms with E-state index < -0.39 is 0 Å². The average molecular weight is 243 g/mol. The van der Waals surface area contributed by atoms with E-state index in [1.165, 1.54) is 37.1 Å². The molecule has 0 aliphatic rings. The number of halogens is 1. The third-order valence-electron chi connectivity index (χ3n) is 2.07. The molecular weight excluding hydrogens is 229 g/mol. The molecule has 2 N–H and O–H groups in total. The molecule has 0 amide bonds. The minimum atomic E-state index is -0.331. The Balaban J connectivity index is 2.60. The zero-order valence-electron chi connectivity index (χ0n) is 9.20. The molecule has 1 rings (SSSR count). The normalized spacial score (nSPS) is 12.2. The monoisotopic (exact) mass is 243 g/mol. The van der Waals surface area contributed by atoms with Gasteiger partial charge in [0.2, 0.25) is 0 Å². The molecule has 1 unspecified atom stereocenters. The third-order valence-corrected chi connectivity index (χ3v) is 3.40. The lowest BCUT2D eigenvalue weighted by molar-refractivity contribution is -0.143. The first kappa shape index (κ1) is 12.8. The second-order valence-electron chi connectivity index (χ2n) is 3.42. The summed E-state index contributed by atoms with van der Waals surface area (Å²) in [5.74, 6) is -0.331. The van der Waals surface area contributed by atoms with Gasteiger partial charge in [0.05, 0.1) is 13.0 Å². The second kappa shape index (κ2) is 5.75. The van der Waals surface area contributed by atoms with Gasteiger partial charge in [0.1, 0.15) is 5.82 Å². The molecule has 0 radical (unpaired) electrons. The van der Waals surface area contributed by atoms with Crippen molar-refractivity contribution in [1.29, 1.82) is 0 Å². The van der Waals surface area contributed by atoms with Crippen molar-refractivity contribution in [3.8, 4) is 0 Å². The molecule has 88 valence electrons. The van der Waals surface area contributed by atoms with E-state index in [4.69, 9.17) is 5.73 Å². The fraction of sp³-hybridized carbons (Fsp3) is 0.364. The number of rotatable bonds is 4. The minimum absolute atomic E-state index is 0.238. The molecule has 0 saturated carbocycles. The van der Waals surface area contributed by atoms with Gasteiger partial charge in [-0.05, 0) is 18.2 Å². The molecule has 1 aromatic carbocycles. The molecule has 1 aromatic rings. The minimum Gasteiger partial charge on any atom is -0.469 e. The smallest absolute Gasteiger partial charge is 0.309 e. The maximum atomic E-state index is 12.9. The topological polar surface area (TPSA) is 52.3 Å². The van der Waals surface area contributed by atoms with Gasteiger partial charge in [-0.3, -0.25) is 4.79 Å². The Labute approximate surface area is 98.2 Å². The highest BCUT2D eigenvalue weighted by atomic mass is 32.2. The summed E-state index contributed by atoms with van der Waals surface area (Å²) in [4.78, 5) is 11.8. The summed E-state index contributed by atoms with van der Waals surface area (Å²) in [5, 5.41) is 0. The Morgan fingerprint density at radius 2 is 2.31 bits per heavy atom. The first-order chi connectivity index (χ1) is 7.54. The van der Waals surface area contributed by atoms with E-state index in [0.29, 0.717) is 16.3 Å². The number of anilines is 1. The van der Waals surface area contributed by atoms with Crippen molar-refractivity contribution in [2.24, 2.45) is 5.92 Å². The van der Waals surface area contributed by atoms with E-state index >= 15 is 0 Å². The van der Waals surface area contributed by atoms with Crippen LogP contribution in [0.1, 0.15) is 6.92 Å². The SMILES string of the molecule is COC(=O)C(C)CSc1cc(F)ccc1N. The summed E-state index contributed by atoms with van der Waals surface area (Å²) >= 11 is 1.35. The number of nitrogen functional groups attached to an aromatic ring is 1.